The molecule has 0 fully saturated rings. The van der Waals surface area contributed by atoms with Crippen LogP contribution in [0.5, 0.6) is 5.75 Å². The third kappa shape index (κ3) is 4.90. The first-order chi connectivity index (χ1) is 13.8. The summed E-state index contributed by atoms with van der Waals surface area (Å²) >= 11 is 0. The van der Waals surface area contributed by atoms with E-state index in [0.29, 0.717) is 5.75 Å². The Balaban J connectivity index is 1.73. The van der Waals surface area contributed by atoms with E-state index in [-0.39, 0.29) is 11.7 Å². The molecule has 0 atom stereocenters. The van der Waals surface area contributed by atoms with Crippen LogP contribution in [0.2, 0.25) is 0 Å². The number of carbonyl (C=O) groups excluding carboxylic acids is 1. The third-order valence-corrected chi connectivity index (χ3v) is 4.62. The lowest BCUT2D eigenvalue weighted by atomic mass is 9.94. The number of hydrogen-bond donors (Lipinski definition) is 1. The van der Waals surface area contributed by atoms with Gasteiger partial charge in [0.1, 0.15) is 11.6 Å². The van der Waals surface area contributed by atoms with Gasteiger partial charge >= 0.3 is 0 Å². The molecule has 1 heterocycles. The predicted molar refractivity (Wildman–Crippen MR) is 111 cm³/mol. The molecule has 0 aliphatic rings. The molecule has 0 aliphatic heterocycles. The van der Waals surface area contributed by atoms with Gasteiger partial charge in [0.15, 0.2) is 0 Å². The van der Waals surface area contributed by atoms with Gasteiger partial charge in [0.25, 0.3) is 0 Å². The molecule has 1 N–H and O–H groups in total. The molecule has 0 aliphatic carbocycles. The first-order valence-corrected chi connectivity index (χ1v) is 9.24. The molecule has 0 unspecified atom stereocenters. The van der Waals surface area contributed by atoms with Gasteiger partial charge in [0, 0.05) is 12.3 Å². The highest BCUT2D eigenvalue weighted by Crippen LogP contribution is 2.25. The van der Waals surface area contributed by atoms with Crippen molar-refractivity contribution in [2.75, 3.05) is 7.11 Å². The number of hydrogen-bond acceptors (Lipinski definition) is 3. The highest BCUT2D eigenvalue weighted by Gasteiger charge is 2.21. The van der Waals surface area contributed by atoms with Crippen molar-refractivity contribution in [1.82, 2.24) is 14.9 Å². The van der Waals surface area contributed by atoms with Gasteiger partial charge in [-0.15, -0.1) is 0 Å². The maximum absolute atomic E-state index is 13.1. The van der Waals surface area contributed by atoms with Crippen LogP contribution >= 0.6 is 0 Å². The van der Waals surface area contributed by atoms with Gasteiger partial charge in [-0.2, -0.15) is 0 Å². The van der Waals surface area contributed by atoms with Crippen LogP contribution in [0.3, 0.4) is 0 Å². The zero-order valence-electron chi connectivity index (χ0n) is 16.9. The first-order valence-electron chi connectivity index (χ1n) is 9.24. The SMILES string of the molecule is COc1cc(C=CC(=O)NC(C)(C)c2ccc(F)cc2)ccc1-n1cnc(C)c1. The molecule has 2 aromatic carbocycles. The van der Waals surface area contributed by atoms with Gasteiger partial charge in [0.05, 0.1) is 30.4 Å². The van der Waals surface area contributed by atoms with Crippen molar-refractivity contribution in [3.8, 4) is 11.4 Å². The lowest BCUT2D eigenvalue weighted by Gasteiger charge is -2.26. The Morgan fingerprint density at radius 2 is 1.93 bits per heavy atom. The summed E-state index contributed by atoms with van der Waals surface area (Å²) in [6.07, 6.45) is 6.84. The molecule has 3 rings (SSSR count). The Kier molecular flexibility index (Phi) is 5.82. The second kappa shape index (κ2) is 8.31. The van der Waals surface area contributed by atoms with E-state index in [1.807, 2.05) is 49.7 Å². The fourth-order valence-electron chi connectivity index (χ4n) is 3.02. The van der Waals surface area contributed by atoms with Crippen molar-refractivity contribution in [2.45, 2.75) is 26.3 Å². The van der Waals surface area contributed by atoms with E-state index in [0.717, 1.165) is 22.5 Å². The summed E-state index contributed by atoms with van der Waals surface area (Å²) in [6, 6.07) is 11.8. The normalized spacial score (nSPS) is 11.6. The van der Waals surface area contributed by atoms with Crippen LogP contribution in [0, 0.1) is 12.7 Å². The van der Waals surface area contributed by atoms with E-state index in [4.69, 9.17) is 4.74 Å². The third-order valence-electron chi connectivity index (χ3n) is 4.62. The molecule has 0 saturated carbocycles. The summed E-state index contributed by atoms with van der Waals surface area (Å²) < 4.78 is 20.5. The maximum Gasteiger partial charge on any atom is 0.244 e. The smallest absolute Gasteiger partial charge is 0.244 e. The molecule has 29 heavy (non-hydrogen) atoms. The fourth-order valence-corrected chi connectivity index (χ4v) is 3.02. The maximum atomic E-state index is 13.1. The van der Waals surface area contributed by atoms with Crippen molar-refractivity contribution in [1.29, 1.82) is 0 Å². The second-order valence-corrected chi connectivity index (χ2v) is 7.31. The average Bonchev–Trinajstić information content (AvgIpc) is 3.12. The zero-order valence-corrected chi connectivity index (χ0v) is 16.9. The number of methoxy groups -OCH3 is 1. The van der Waals surface area contributed by atoms with Crippen LogP contribution in [-0.2, 0) is 10.3 Å². The van der Waals surface area contributed by atoms with Gasteiger partial charge in [0.2, 0.25) is 5.91 Å². The van der Waals surface area contributed by atoms with E-state index in [9.17, 15) is 9.18 Å². The van der Waals surface area contributed by atoms with Gasteiger partial charge in [-0.05, 0) is 62.2 Å². The number of benzene rings is 2. The topological polar surface area (TPSA) is 56.1 Å². The van der Waals surface area contributed by atoms with Crippen molar-refractivity contribution in [2.24, 2.45) is 0 Å². The molecule has 0 spiro atoms. The van der Waals surface area contributed by atoms with Gasteiger partial charge in [-0.25, -0.2) is 9.37 Å². The number of aryl methyl sites for hydroxylation is 1. The standard InChI is InChI=1S/C23H24FN3O2/c1-16-14-27(15-25-16)20-11-5-17(13-21(20)29-4)6-12-22(28)26-23(2,3)18-7-9-19(24)10-8-18/h5-15H,1-4H3,(H,26,28). The second-order valence-electron chi connectivity index (χ2n) is 7.31. The average molecular weight is 393 g/mol. The first kappa shape index (κ1) is 20.3. The summed E-state index contributed by atoms with van der Waals surface area (Å²) in [6.45, 7) is 5.67. The van der Waals surface area contributed by atoms with Gasteiger partial charge in [-0.1, -0.05) is 18.2 Å². The minimum atomic E-state index is -0.629. The van der Waals surface area contributed by atoms with Crippen LogP contribution in [0.15, 0.2) is 61.1 Å². The lowest BCUT2D eigenvalue weighted by molar-refractivity contribution is -0.118. The van der Waals surface area contributed by atoms with E-state index >= 15 is 0 Å². The number of rotatable bonds is 6. The monoisotopic (exact) mass is 393 g/mol. The number of nitrogens with zero attached hydrogens (tertiary/aromatic N) is 2. The minimum Gasteiger partial charge on any atom is -0.495 e. The summed E-state index contributed by atoms with van der Waals surface area (Å²) in [5, 5.41) is 2.94. The van der Waals surface area contributed by atoms with E-state index in [1.165, 1.54) is 18.2 Å². The van der Waals surface area contributed by atoms with Crippen molar-refractivity contribution < 1.29 is 13.9 Å². The summed E-state index contributed by atoms with van der Waals surface area (Å²) in [5.41, 5.74) is 2.80. The lowest BCUT2D eigenvalue weighted by Crippen LogP contribution is -2.40. The van der Waals surface area contributed by atoms with Crippen molar-refractivity contribution in [3.63, 3.8) is 0 Å². The summed E-state index contributed by atoms with van der Waals surface area (Å²) in [4.78, 5) is 16.6. The van der Waals surface area contributed by atoms with E-state index in [2.05, 4.69) is 10.3 Å². The van der Waals surface area contributed by atoms with Gasteiger partial charge < -0.3 is 14.6 Å². The molecule has 3 aromatic rings. The Bertz CT molecular complexity index is 1040. The number of ether oxygens (including phenoxy) is 1. The largest absolute Gasteiger partial charge is 0.495 e. The molecular weight excluding hydrogens is 369 g/mol. The molecule has 0 saturated heterocycles. The van der Waals surface area contributed by atoms with Gasteiger partial charge in [-0.3, -0.25) is 4.79 Å². The van der Waals surface area contributed by atoms with E-state index in [1.54, 1.807) is 31.6 Å². The van der Waals surface area contributed by atoms with Crippen molar-refractivity contribution >= 4 is 12.0 Å². The molecule has 6 heteroatoms. The number of amides is 1. The molecular formula is C23H24FN3O2. The Morgan fingerprint density at radius 1 is 1.21 bits per heavy atom. The van der Waals surface area contributed by atoms with Crippen molar-refractivity contribution in [3.05, 3.63) is 83.7 Å². The summed E-state index contributed by atoms with van der Waals surface area (Å²) in [7, 11) is 1.61. The highest BCUT2D eigenvalue weighted by atomic mass is 19.1. The van der Waals surface area contributed by atoms with Crippen LogP contribution in [0.4, 0.5) is 4.39 Å². The quantitative estimate of drug-likeness (QED) is 0.632. The van der Waals surface area contributed by atoms with E-state index < -0.39 is 5.54 Å². The number of imidazole rings is 1. The number of carbonyl (C=O) groups is 1. The minimum absolute atomic E-state index is 0.243. The molecule has 0 bridgehead atoms. The molecule has 5 nitrogen and oxygen atoms in total. The Hall–Kier alpha value is -3.41. The van der Waals surface area contributed by atoms with Crippen LogP contribution in [-0.4, -0.2) is 22.6 Å². The molecule has 150 valence electrons. The fraction of sp³-hybridized carbons (Fsp3) is 0.217. The number of nitrogens with one attached hydrogen (secondary N) is 1. The highest BCUT2D eigenvalue weighted by molar-refractivity contribution is 5.92. The Morgan fingerprint density at radius 3 is 2.55 bits per heavy atom. The molecule has 1 amide bonds. The molecule has 1 aromatic heterocycles. The predicted octanol–water partition coefficient (Wildman–Crippen LogP) is 4.39. The molecule has 0 radical (unpaired) electrons. The number of aromatic nitrogens is 2. The van der Waals surface area contributed by atoms with Crippen LogP contribution in [0.1, 0.15) is 30.7 Å². The zero-order chi connectivity index (χ0) is 21.0. The Labute approximate surface area is 169 Å². The van der Waals surface area contributed by atoms with Crippen LogP contribution in [0.25, 0.3) is 11.8 Å². The summed E-state index contributed by atoms with van der Waals surface area (Å²) in [5.74, 6) is 0.128. The van der Waals surface area contributed by atoms with Crippen LogP contribution < -0.4 is 10.1 Å². The number of halogens is 1.